The zero-order chi connectivity index (χ0) is 13.9. The van der Waals surface area contributed by atoms with Crippen LogP contribution in [-0.4, -0.2) is 18.3 Å². The topological polar surface area (TPSA) is 55.5 Å². The summed E-state index contributed by atoms with van der Waals surface area (Å²) in [4.78, 5) is 0. The number of nitrogens with two attached hydrogens (primary N) is 1. The predicted molar refractivity (Wildman–Crippen MR) is 76.1 cm³/mol. The van der Waals surface area contributed by atoms with E-state index in [9.17, 15) is 5.11 Å². The standard InChI is InChI=1S/C16H19NO2/c1-12(17)16(18,13-6-4-3-5-7-13)14-8-10-15(19-2)11-9-14/h3-12,18H,17H2,1-2H3/t12-,16?/m0/s1. The van der Waals surface area contributed by atoms with Crippen molar-refractivity contribution in [2.75, 3.05) is 7.11 Å². The molecule has 0 bridgehead atoms. The molecular weight excluding hydrogens is 238 g/mol. The smallest absolute Gasteiger partial charge is 0.129 e. The van der Waals surface area contributed by atoms with E-state index in [1.165, 1.54) is 0 Å². The normalized spacial score (nSPS) is 15.6. The molecule has 0 saturated heterocycles. The van der Waals surface area contributed by atoms with Crippen LogP contribution in [0.2, 0.25) is 0 Å². The van der Waals surface area contributed by atoms with Crippen molar-refractivity contribution in [1.82, 2.24) is 0 Å². The average Bonchev–Trinajstić information content (AvgIpc) is 2.47. The van der Waals surface area contributed by atoms with Crippen molar-refractivity contribution in [1.29, 1.82) is 0 Å². The highest BCUT2D eigenvalue weighted by atomic mass is 16.5. The number of methoxy groups -OCH3 is 1. The van der Waals surface area contributed by atoms with Crippen LogP contribution in [0.4, 0.5) is 0 Å². The van der Waals surface area contributed by atoms with Gasteiger partial charge in [-0.15, -0.1) is 0 Å². The second-order valence-electron chi connectivity index (χ2n) is 4.65. The first kappa shape index (κ1) is 13.6. The molecule has 2 aromatic carbocycles. The van der Waals surface area contributed by atoms with Gasteiger partial charge in [0.1, 0.15) is 11.4 Å². The molecule has 3 nitrogen and oxygen atoms in total. The molecule has 0 amide bonds. The zero-order valence-corrected chi connectivity index (χ0v) is 11.2. The fourth-order valence-electron chi connectivity index (χ4n) is 2.23. The molecule has 0 aliphatic heterocycles. The number of benzene rings is 2. The summed E-state index contributed by atoms with van der Waals surface area (Å²) in [6.45, 7) is 1.80. The Morgan fingerprint density at radius 2 is 1.53 bits per heavy atom. The Morgan fingerprint density at radius 1 is 1.00 bits per heavy atom. The highest BCUT2D eigenvalue weighted by Gasteiger charge is 2.35. The lowest BCUT2D eigenvalue weighted by Crippen LogP contribution is -2.44. The van der Waals surface area contributed by atoms with Crippen LogP contribution in [0, 0.1) is 0 Å². The summed E-state index contributed by atoms with van der Waals surface area (Å²) >= 11 is 0. The van der Waals surface area contributed by atoms with Crippen LogP contribution in [0.3, 0.4) is 0 Å². The predicted octanol–water partition coefficient (Wildman–Crippen LogP) is 2.28. The Bertz CT molecular complexity index is 522. The van der Waals surface area contributed by atoms with Gasteiger partial charge in [-0.2, -0.15) is 0 Å². The third-order valence-corrected chi connectivity index (χ3v) is 3.40. The number of ether oxygens (including phenoxy) is 1. The van der Waals surface area contributed by atoms with Gasteiger partial charge in [-0.05, 0) is 30.2 Å². The summed E-state index contributed by atoms with van der Waals surface area (Å²) in [5, 5.41) is 11.0. The van der Waals surface area contributed by atoms with Crippen LogP contribution in [-0.2, 0) is 5.60 Å². The minimum absolute atomic E-state index is 0.428. The molecule has 0 fully saturated rings. The van der Waals surface area contributed by atoms with Crippen LogP contribution in [0.5, 0.6) is 5.75 Å². The van der Waals surface area contributed by atoms with Gasteiger partial charge in [0.2, 0.25) is 0 Å². The van der Waals surface area contributed by atoms with Crippen LogP contribution in [0.15, 0.2) is 54.6 Å². The van der Waals surface area contributed by atoms with E-state index in [1.807, 2.05) is 54.6 Å². The monoisotopic (exact) mass is 257 g/mol. The Morgan fingerprint density at radius 3 is 2.00 bits per heavy atom. The zero-order valence-electron chi connectivity index (χ0n) is 11.2. The average molecular weight is 257 g/mol. The van der Waals surface area contributed by atoms with Gasteiger partial charge in [0.15, 0.2) is 0 Å². The van der Waals surface area contributed by atoms with Crippen molar-refractivity contribution in [3.05, 3.63) is 65.7 Å². The van der Waals surface area contributed by atoms with Crippen molar-refractivity contribution in [3.63, 3.8) is 0 Å². The van der Waals surface area contributed by atoms with Crippen LogP contribution >= 0.6 is 0 Å². The Kier molecular flexibility index (Phi) is 3.88. The first-order chi connectivity index (χ1) is 9.09. The molecule has 100 valence electrons. The van der Waals surface area contributed by atoms with E-state index in [0.717, 1.165) is 16.9 Å². The van der Waals surface area contributed by atoms with Gasteiger partial charge in [0.05, 0.1) is 7.11 Å². The van der Waals surface area contributed by atoms with Crippen LogP contribution in [0.1, 0.15) is 18.1 Å². The van der Waals surface area contributed by atoms with E-state index in [2.05, 4.69) is 0 Å². The molecule has 1 unspecified atom stereocenters. The van der Waals surface area contributed by atoms with Gasteiger partial charge in [-0.25, -0.2) is 0 Å². The molecule has 19 heavy (non-hydrogen) atoms. The molecular formula is C16H19NO2. The maximum atomic E-state index is 11.0. The van der Waals surface area contributed by atoms with Gasteiger partial charge in [-0.3, -0.25) is 0 Å². The van der Waals surface area contributed by atoms with E-state index < -0.39 is 11.6 Å². The van der Waals surface area contributed by atoms with Crippen molar-refractivity contribution in [2.45, 2.75) is 18.6 Å². The number of rotatable bonds is 4. The van der Waals surface area contributed by atoms with E-state index in [1.54, 1.807) is 14.0 Å². The molecule has 0 aliphatic rings. The molecule has 0 spiro atoms. The van der Waals surface area contributed by atoms with Gasteiger partial charge in [-0.1, -0.05) is 42.5 Å². The van der Waals surface area contributed by atoms with E-state index >= 15 is 0 Å². The number of aliphatic hydroxyl groups is 1. The fourth-order valence-corrected chi connectivity index (χ4v) is 2.23. The van der Waals surface area contributed by atoms with Crippen LogP contribution < -0.4 is 10.5 Å². The molecule has 2 atom stereocenters. The summed E-state index contributed by atoms with van der Waals surface area (Å²) in [5.74, 6) is 0.754. The van der Waals surface area contributed by atoms with E-state index in [-0.39, 0.29) is 0 Å². The van der Waals surface area contributed by atoms with Gasteiger partial charge >= 0.3 is 0 Å². The maximum absolute atomic E-state index is 11.0. The fraction of sp³-hybridized carbons (Fsp3) is 0.250. The summed E-state index contributed by atoms with van der Waals surface area (Å²) < 4.78 is 5.14. The summed E-state index contributed by atoms with van der Waals surface area (Å²) in [7, 11) is 1.62. The Balaban J connectivity index is 2.50. The minimum Gasteiger partial charge on any atom is -0.497 e. The second kappa shape index (κ2) is 5.43. The molecule has 0 aromatic heterocycles. The van der Waals surface area contributed by atoms with E-state index in [4.69, 9.17) is 10.5 Å². The number of hydrogen-bond donors (Lipinski definition) is 2. The van der Waals surface area contributed by atoms with E-state index in [0.29, 0.717) is 0 Å². The van der Waals surface area contributed by atoms with Crippen molar-refractivity contribution < 1.29 is 9.84 Å². The quantitative estimate of drug-likeness (QED) is 0.883. The van der Waals surface area contributed by atoms with Crippen molar-refractivity contribution >= 4 is 0 Å². The summed E-state index contributed by atoms with van der Waals surface area (Å²) in [6.07, 6.45) is 0. The third-order valence-electron chi connectivity index (χ3n) is 3.40. The molecule has 2 rings (SSSR count). The first-order valence-electron chi connectivity index (χ1n) is 6.27. The number of hydrogen-bond acceptors (Lipinski definition) is 3. The minimum atomic E-state index is -1.20. The molecule has 3 N–H and O–H groups in total. The summed E-state index contributed by atoms with van der Waals surface area (Å²) in [5.41, 5.74) is 6.37. The Hall–Kier alpha value is -1.84. The molecule has 3 heteroatoms. The van der Waals surface area contributed by atoms with Crippen molar-refractivity contribution in [2.24, 2.45) is 5.73 Å². The lowest BCUT2D eigenvalue weighted by Gasteiger charge is -2.33. The first-order valence-corrected chi connectivity index (χ1v) is 6.27. The molecule has 0 heterocycles. The molecule has 0 aliphatic carbocycles. The lowest BCUT2D eigenvalue weighted by atomic mass is 9.81. The Labute approximate surface area is 113 Å². The van der Waals surface area contributed by atoms with Crippen molar-refractivity contribution in [3.8, 4) is 5.75 Å². The lowest BCUT2D eigenvalue weighted by molar-refractivity contribution is 0.0578. The SMILES string of the molecule is COc1ccc(C(O)(c2ccccc2)[C@H](C)N)cc1. The largest absolute Gasteiger partial charge is 0.497 e. The highest BCUT2D eigenvalue weighted by molar-refractivity contribution is 5.40. The maximum Gasteiger partial charge on any atom is 0.129 e. The third kappa shape index (κ3) is 2.48. The van der Waals surface area contributed by atoms with Crippen LogP contribution in [0.25, 0.3) is 0 Å². The van der Waals surface area contributed by atoms with Gasteiger partial charge in [0, 0.05) is 6.04 Å². The van der Waals surface area contributed by atoms with Gasteiger partial charge in [0.25, 0.3) is 0 Å². The van der Waals surface area contributed by atoms with Gasteiger partial charge < -0.3 is 15.6 Å². The second-order valence-corrected chi connectivity index (χ2v) is 4.65. The molecule has 2 aromatic rings. The molecule has 0 radical (unpaired) electrons. The molecule has 0 saturated carbocycles. The summed E-state index contributed by atoms with van der Waals surface area (Å²) in [6, 6.07) is 16.4. The highest BCUT2D eigenvalue weighted by Crippen LogP contribution is 2.32.